The van der Waals surface area contributed by atoms with Crippen molar-refractivity contribution in [2.24, 2.45) is 0 Å². The number of aryl methyl sites for hydroxylation is 1. The molecule has 3 rings (SSSR count). The van der Waals surface area contributed by atoms with E-state index >= 15 is 0 Å². The second-order valence-corrected chi connectivity index (χ2v) is 4.68. The summed E-state index contributed by atoms with van der Waals surface area (Å²) >= 11 is 0. The summed E-state index contributed by atoms with van der Waals surface area (Å²) in [5.41, 5.74) is 3.77. The molecule has 0 spiro atoms. The molecule has 2 heteroatoms. The molecule has 0 N–H and O–H groups in total. The lowest BCUT2D eigenvalue weighted by Crippen LogP contribution is -2.32. The van der Waals surface area contributed by atoms with Crippen molar-refractivity contribution in [2.75, 3.05) is 18.1 Å². The van der Waals surface area contributed by atoms with Crippen molar-refractivity contribution in [3.63, 3.8) is 0 Å². The molecular weight excluding hydrogens is 222 g/mol. The van der Waals surface area contributed by atoms with E-state index in [4.69, 9.17) is 4.74 Å². The van der Waals surface area contributed by atoms with Crippen LogP contribution in [0.3, 0.4) is 0 Å². The summed E-state index contributed by atoms with van der Waals surface area (Å²) in [5.74, 6) is 1.04. The van der Waals surface area contributed by atoms with Crippen molar-refractivity contribution in [1.82, 2.24) is 0 Å². The molecule has 0 bridgehead atoms. The first kappa shape index (κ1) is 11.1. The first-order valence-corrected chi connectivity index (χ1v) is 6.36. The first-order chi connectivity index (χ1) is 8.84. The van der Waals surface area contributed by atoms with Gasteiger partial charge in [0.05, 0.1) is 12.2 Å². The van der Waals surface area contributed by atoms with Crippen molar-refractivity contribution in [3.05, 3.63) is 59.7 Å². The van der Waals surface area contributed by atoms with Crippen LogP contribution in [0.15, 0.2) is 48.5 Å². The highest BCUT2D eigenvalue weighted by atomic mass is 16.5. The third-order valence-electron chi connectivity index (χ3n) is 3.36. The quantitative estimate of drug-likeness (QED) is 0.796. The van der Waals surface area contributed by atoms with E-state index in [2.05, 4.69) is 60.4 Å². The lowest BCUT2D eigenvalue weighted by Gasteiger charge is -2.32. The molecule has 0 atom stereocenters. The predicted molar refractivity (Wildman–Crippen MR) is 74.2 cm³/mol. The zero-order valence-corrected chi connectivity index (χ0v) is 10.6. The minimum Gasteiger partial charge on any atom is -0.489 e. The van der Waals surface area contributed by atoms with Gasteiger partial charge in [0.25, 0.3) is 0 Å². The Kier molecular flexibility index (Phi) is 2.93. The van der Waals surface area contributed by atoms with Gasteiger partial charge in [0.15, 0.2) is 0 Å². The van der Waals surface area contributed by atoms with Crippen molar-refractivity contribution < 1.29 is 4.74 Å². The molecule has 0 aromatic heterocycles. The van der Waals surface area contributed by atoms with Gasteiger partial charge in [-0.1, -0.05) is 42.5 Å². The van der Waals surface area contributed by atoms with Crippen molar-refractivity contribution in [2.45, 2.75) is 13.5 Å². The fourth-order valence-electron chi connectivity index (χ4n) is 2.42. The summed E-state index contributed by atoms with van der Waals surface area (Å²) in [4.78, 5) is 2.39. The van der Waals surface area contributed by atoms with Crippen LogP contribution in [0.5, 0.6) is 5.75 Å². The SMILES string of the molecule is Cc1cccc2c1OCCN2Cc1ccccc1. The third kappa shape index (κ3) is 2.06. The summed E-state index contributed by atoms with van der Waals surface area (Å²) in [5, 5.41) is 0. The molecule has 0 fully saturated rings. The Morgan fingerprint density at radius 2 is 1.89 bits per heavy atom. The molecule has 1 aliphatic rings. The van der Waals surface area contributed by atoms with Crippen LogP contribution in [0.1, 0.15) is 11.1 Å². The lowest BCUT2D eigenvalue weighted by molar-refractivity contribution is 0.305. The van der Waals surface area contributed by atoms with Gasteiger partial charge in [-0.05, 0) is 24.1 Å². The number of benzene rings is 2. The Balaban J connectivity index is 1.90. The molecule has 1 aliphatic heterocycles. The molecule has 0 saturated carbocycles. The molecule has 0 saturated heterocycles. The van der Waals surface area contributed by atoms with Crippen molar-refractivity contribution in [3.8, 4) is 5.75 Å². The van der Waals surface area contributed by atoms with Crippen LogP contribution < -0.4 is 9.64 Å². The molecule has 0 aliphatic carbocycles. The van der Waals surface area contributed by atoms with Gasteiger partial charge in [0.2, 0.25) is 0 Å². The van der Waals surface area contributed by atoms with E-state index in [9.17, 15) is 0 Å². The van der Waals surface area contributed by atoms with Crippen LogP contribution in [0.4, 0.5) is 5.69 Å². The van der Waals surface area contributed by atoms with E-state index in [1.165, 1.54) is 16.8 Å². The number of ether oxygens (including phenoxy) is 1. The number of rotatable bonds is 2. The van der Waals surface area contributed by atoms with E-state index in [1.54, 1.807) is 0 Å². The monoisotopic (exact) mass is 239 g/mol. The average Bonchev–Trinajstić information content (AvgIpc) is 2.41. The largest absolute Gasteiger partial charge is 0.489 e. The highest BCUT2D eigenvalue weighted by Gasteiger charge is 2.19. The highest BCUT2D eigenvalue weighted by molar-refractivity contribution is 5.63. The van der Waals surface area contributed by atoms with Gasteiger partial charge in [-0.15, -0.1) is 0 Å². The van der Waals surface area contributed by atoms with Gasteiger partial charge < -0.3 is 9.64 Å². The average molecular weight is 239 g/mol. The number of anilines is 1. The zero-order valence-electron chi connectivity index (χ0n) is 10.6. The highest BCUT2D eigenvalue weighted by Crippen LogP contribution is 2.35. The van der Waals surface area contributed by atoms with E-state index in [-0.39, 0.29) is 0 Å². The van der Waals surface area contributed by atoms with Gasteiger partial charge in [-0.3, -0.25) is 0 Å². The van der Waals surface area contributed by atoms with Crippen LogP contribution >= 0.6 is 0 Å². The van der Waals surface area contributed by atoms with Crippen LogP contribution in [-0.2, 0) is 6.54 Å². The normalized spacial score (nSPS) is 13.9. The van der Waals surface area contributed by atoms with Crippen LogP contribution in [0.25, 0.3) is 0 Å². The Morgan fingerprint density at radius 1 is 1.06 bits per heavy atom. The Bertz CT molecular complexity index is 536. The number of hydrogen-bond donors (Lipinski definition) is 0. The molecule has 92 valence electrons. The summed E-state index contributed by atoms with van der Waals surface area (Å²) in [6.45, 7) is 4.77. The first-order valence-electron chi connectivity index (χ1n) is 6.36. The number of hydrogen-bond acceptors (Lipinski definition) is 2. The minimum absolute atomic E-state index is 0.769. The van der Waals surface area contributed by atoms with Crippen LogP contribution in [0, 0.1) is 6.92 Å². The molecule has 0 amide bonds. The maximum Gasteiger partial charge on any atom is 0.145 e. The minimum atomic E-state index is 0.769. The molecule has 0 radical (unpaired) electrons. The van der Waals surface area contributed by atoms with Gasteiger partial charge in [0.1, 0.15) is 12.4 Å². The lowest BCUT2D eigenvalue weighted by atomic mass is 10.1. The summed E-state index contributed by atoms with van der Waals surface area (Å²) in [7, 11) is 0. The fraction of sp³-hybridized carbons (Fsp3) is 0.250. The standard InChI is InChI=1S/C16H17NO/c1-13-6-5-9-15-16(13)18-11-10-17(15)12-14-7-3-2-4-8-14/h2-9H,10-12H2,1H3. The number of para-hydroxylation sites is 1. The molecular formula is C16H17NO. The molecule has 1 heterocycles. The van der Waals surface area contributed by atoms with Crippen LogP contribution in [0.2, 0.25) is 0 Å². The van der Waals surface area contributed by atoms with Gasteiger partial charge in [-0.2, -0.15) is 0 Å². The Labute approximate surface area is 108 Å². The van der Waals surface area contributed by atoms with Gasteiger partial charge >= 0.3 is 0 Å². The van der Waals surface area contributed by atoms with Gasteiger partial charge in [0, 0.05) is 6.54 Å². The molecule has 2 aromatic rings. The smallest absolute Gasteiger partial charge is 0.145 e. The summed E-state index contributed by atoms with van der Waals surface area (Å²) < 4.78 is 5.78. The summed E-state index contributed by atoms with van der Waals surface area (Å²) in [6, 6.07) is 16.9. The van der Waals surface area contributed by atoms with E-state index in [0.29, 0.717) is 0 Å². The maximum absolute atomic E-state index is 5.78. The van der Waals surface area contributed by atoms with E-state index in [0.717, 1.165) is 25.4 Å². The molecule has 18 heavy (non-hydrogen) atoms. The second kappa shape index (κ2) is 4.73. The number of fused-ring (bicyclic) bond motifs is 1. The Hall–Kier alpha value is -1.96. The molecule has 2 aromatic carbocycles. The number of nitrogens with zero attached hydrogens (tertiary/aromatic N) is 1. The van der Waals surface area contributed by atoms with E-state index in [1.807, 2.05) is 0 Å². The van der Waals surface area contributed by atoms with Crippen molar-refractivity contribution >= 4 is 5.69 Å². The fourth-order valence-corrected chi connectivity index (χ4v) is 2.42. The second-order valence-electron chi connectivity index (χ2n) is 4.68. The topological polar surface area (TPSA) is 12.5 Å². The maximum atomic E-state index is 5.78. The van der Waals surface area contributed by atoms with Crippen molar-refractivity contribution in [1.29, 1.82) is 0 Å². The zero-order chi connectivity index (χ0) is 12.4. The summed E-state index contributed by atoms with van der Waals surface area (Å²) in [6.07, 6.45) is 0. The molecule has 2 nitrogen and oxygen atoms in total. The predicted octanol–water partition coefficient (Wildman–Crippen LogP) is 3.39. The Morgan fingerprint density at radius 3 is 2.72 bits per heavy atom. The van der Waals surface area contributed by atoms with Crippen LogP contribution in [-0.4, -0.2) is 13.2 Å². The van der Waals surface area contributed by atoms with E-state index < -0.39 is 0 Å². The molecule has 0 unspecified atom stereocenters. The third-order valence-corrected chi connectivity index (χ3v) is 3.36. The van der Waals surface area contributed by atoms with Gasteiger partial charge in [-0.25, -0.2) is 0 Å².